The smallest absolute Gasteiger partial charge is 0.259 e. The maximum absolute atomic E-state index is 13.9. The zero-order chi connectivity index (χ0) is 18.0. The van der Waals surface area contributed by atoms with Crippen LogP contribution in [0.2, 0.25) is 0 Å². The number of nitrogens with zero attached hydrogens (tertiary/aromatic N) is 2. The van der Waals surface area contributed by atoms with Gasteiger partial charge in [-0.1, -0.05) is 6.07 Å². The fourth-order valence-corrected chi connectivity index (χ4v) is 4.00. The Hall–Kier alpha value is -2.02. The second-order valence-electron chi connectivity index (χ2n) is 6.97. The SMILES string of the molecule is O=C1CC[C@]2(CCCN(C(=O)c3c(F)cccc3F)C2)CN1CCO. The molecule has 0 aliphatic carbocycles. The average molecular weight is 352 g/mol. The van der Waals surface area contributed by atoms with Gasteiger partial charge in [-0.3, -0.25) is 9.59 Å². The summed E-state index contributed by atoms with van der Waals surface area (Å²) < 4.78 is 27.9. The van der Waals surface area contributed by atoms with Crippen LogP contribution in [0.15, 0.2) is 18.2 Å². The van der Waals surface area contributed by atoms with Crippen molar-refractivity contribution in [2.75, 3.05) is 32.8 Å². The van der Waals surface area contributed by atoms with E-state index in [9.17, 15) is 18.4 Å². The highest BCUT2D eigenvalue weighted by Crippen LogP contribution is 2.39. The Morgan fingerprint density at radius 1 is 1.20 bits per heavy atom. The van der Waals surface area contributed by atoms with E-state index >= 15 is 0 Å². The number of β-amino-alcohol motifs (C(OH)–C–C–N with tert-alkyl or cyclic N) is 1. The Bertz CT molecular complexity index is 662. The molecule has 1 atom stereocenters. The lowest BCUT2D eigenvalue weighted by atomic mass is 9.73. The van der Waals surface area contributed by atoms with Crippen molar-refractivity contribution in [2.24, 2.45) is 5.41 Å². The largest absolute Gasteiger partial charge is 0.395 e. The van der Waals surface area contributed by atoms with Crippen LogP contribution in [-0.4, -0.2) is 59.5 Å². The predicted octanol–water partition coefficient (Wildman–Crippen LogP) is 1.80. The first kappa shape index (κ1) is 17.8. The number of amides is 2. The lowest BCUT2D eigenvalue weighted by Gasteiger charge is -2.48. The minimum absolute atomic E-state index is 0.00303. The highest BCUT2D eigenvalue weighted by atomic mass is 19.1. The molecule has 5 nitrogen and oxygen atoms in total. The molecule has 1 aromatic rings. The molecule has 1 spiro atoms. The Morgan fingerprint density at radius 3 is 2.60 bits per heavy atom. The summed E-state index contributed by atoms with van der Waals surface area (Å²) in [4.78, 5) is 27.8. The van der Waals surface area contributed by atoms with E-state index < -0.39 is 23.1 Å². The first-order valence-electron chi connectivity index (χ1n) is 8.58. The number of benzene rings is 1. The minimum Gasteiger partial charge on any atom is -0.395 e. The molecule has 2 amide bonds. The quantitative estimate of drug-likeness (QED) is 0.902. The zero-order valence-electron chi connectivity index (χ0n) is 14.0. The van der Waals surface area contributed by atoms with Crippen molar-refractivity contribution in [2.45, 2.75) is 25.7 Å². The summed E-state index contributed by atoms with van der Waals surface area (Å²) >= 11 is 0. The Labute approximate surface area is 145 Å². The summed E-state index contributed by atoms with van der Waals surface area (Å²) in [6.07, 6.45) is 2.60. The fraction of sp³-hybridized carbons (Fsp3) is 0.556. The topological polar surface area (TPSA) is 60.9 Å². The summed E-state index contributed by atoms with van der Waals surface area (Å²) in [6.45, 7) is 1.45. The van der Waals surface area contributed by atoms with Crippen LogP contribution in [0.3, 0.4) is 0 Å². The Kier molecular flexibility index (Phi) is 5.03. The predicted molar refractivity (Wildman–Crippen MR) is 86.8 cm³/mol. The second kappa shape index (κ2) is 7.07. The van der Waals surface area contributed by atoms with E-state index in [1.54, 1.807) is 4.90 Å². The van der Waals surface area contributed by atoms with Crippen molar-refractivity contribution in [3.8, 4) is 0 Å². The van der Waals surface area contributed by atoms with E-state index in [0.29, 0.717) is 32.5 Å². The van der Waals surface area contributed by atoms with E-state index in [-0.39, 0.29) is 24.5 Å². The molecule has 0 unspecified atom stereocenters. The monoisotopic (exact) mass is 352 g/mol. The third-order valence-electron chi connectivity index (χ3n) is 5.24. The Morgan fingerprint density at radius 2 is 1.92 bits per heavy atom. The molecule has 2 fully saturated rings. The number of hydrogen-bond acceptors (Lipinski definition) is 3. The van der Waals surface area contributed by atoms with Crippen LogP contribution in [-0.2, 0) is 4.79 Å². The van der Waals surface area contributed by atoms with Crippen LogP contribution in [0, 0.1) is 17.0 Å². The number of aliphatic hydroxyl groups excluding tert-OH is 1. The molecular formula is C18H22F2N2O3. The van der Waals surface area contributed by atoms with Gasteiger partial charge in [0.1, 0.15) is 17.2 Å². The molecule has 1 aromatic carbocycles. The zero-order valence-corrected chi connectivity index (χ0v) is 14.0. The Balaban J connectivity index is 1.79. The molecule has 2 aliphatic rings. The molecule has 3 rings (SSSR count). The van der Waals surface area contributed by atoms with Crippen molar-refractivity contribution in [1.29, 1.82) is 0 Å². The van der Waals surface area contributed by atoms with Crippen molar-refractivity contribution in [3.63, 3.8) is 0 Å². The summed E-state index contributed by atoms with van der Waals surface area (Å²) in [5.74, 6) is -2.35. The van der Waals surface area contributed by atoms with E-state index in [0.717, 1.165) is 25.0 Å². The number of rotatable bonds is 3. The first-order valence-corrected chi connectivity index (χ1v) is 8.58. The molecule has 1 N–H and O–H groups in total. The maximum Gasteiger partial charge on any atom is 0.259 e. The third-order valence-corrected chi connectivity index (χ3v) is 5.24. The van der Waals surface area contributed by atoms with Crippen LogP contribution in [0.25, 0.3) is 0 Å². The van der Waals surface area contributed by atoms with E-state index in [1.165, 1.54) is 11.0 Å². The van der Waals surface area contributed by atoms with E-state index in [2.05, 4.69) is 0 Å². The van der Waals surface area contributed by atoms with Crippen molar-refractivity contribution < 1.29 is 23.5 Å². The lowest BCUT2D eigenvalue weighted by Crippen LogP contribution is -2.55. The number of hydrogen-bond donors (Lipinski definition) is 1. The molecule has 2 aliphatic heterocycles. The van der Waals surface area contributed by atoms with Crippen LogP contribution in [0.5, 0.6) is 0 Å². The van der Waals surface area contributed by atoms with Crippen LogP contribution in [0.1, 0.15) is 36.0 Å². The van der Waals surface area contributed by atoms with Gasteiger partial charge >= 0.3 is 0 Å². The lowest BCUT2D eigenvalue weighted by molar-refractivity contribution is -0.139. The molecule has 0 saturated carbocycles. The summed E-state index contributed by atoms with van der Waals surface area (Å²) in [5.41, 5.74) is -0.780. The van der Waals surface area contributed by atoms with Crippen LogP contribution in [0.4, 0.5) is 8.78 Å². The third kappa shape index (κ3) is 3.51. The minimum atomic E-state index is -0.856. The number of halogens is 2. The number of carbonyl (C=O) groups is 2. The molecule has 136 valence electrons. The molecule has 0 bridgehead atoms. The van der Waals surface area contributed by atoms with Crippen molar-refractivity contribution in [1.82, 2.24) is 9.80 Å². The van der Waals surface area contributed by atoms with Gasteiger partial charge in [-0.2, -0.15) is 0 Å². The van der Waals surface area contributed by atoms with Gasteiger partial charge in [0.25, 0.3) is 5.91 Å². The van der Waals surface area contributed by atoms with Gasteiger partial charge in [0.15, 0.2) is 0 Å². The van der Waals surface area contributed by atoms with Crippen molar-refractivity contribution in [3.05, 3.63) is 35.4 Å². The fourth-order valence-electron chi connectivity index (χ4n) is 4.00. The van der Waals surface area contributed by atoms with Gasteiger partial charge in [-0.25, -0.2) is 8.78 Å². The van der Waals surface area contributed by atoms with Crippen LogP contribution < -0.4 is 0 Å². The van der Waals surface area contributed by atoms with Gasteiger partial charge in [-0.15, -0.1) is 0 Å². The summed E-state index contributed by atoms with van der Waals surface area (Å²) in [7, 11) is 0. The number of piperidine rings is 2. The molecule has 2 heterocycles. The highest BCUT2D eigenvalue weighted by molar-refractivity contribution is 5.95. The number of likely N-dealkylation sites (tertiary alicyclic amines) is 2. The van der Waals surface area contributed by atoms with E-state index in [4.69, 9.17) is 5.11 Å². The first-order chi connectivity index (χ1) is 12.0. The van der Waals surface area contributed by atoms with Gasteiger partial charge < -0.3 is 14.9 Å². The second-order valence-corrected chi connectivity index (χ2v) is 6.97. The van der Waals surface area contributed by atoms with Gasteiger partial charge in [0.2, 0.25) is 5.91 Å². The molecular weight excluding hydrogens is 330 g/mol. The summed E-state index contributed by atoms with van der Waals surface area (Å²) in [5, 5.41) is 9.13. The van der Waals surface area contributed by atoms with Crippen LogP contribution >= 0.6 is 0 Å². The number of carbonyl (C=O) groups excluding carboxylic acids is 2. The maximum atomic E-state index is 13.9. The molecule has 0 radical (unpaired) electrons. The van der Waals surface area contributed by atoms with Gasteiger partial charge in [-0.05, 0) is 31.4 Å². The van der Waals surface area contributed by atoms with E-state index in [1.807, 2.05) is 0 Å². The van der Waals surface area contributed by atoms with Gasteiger partial charge in [0.05, 0.1) is 6.61 Å². The highest BCUT2D eigenvalue weighted by Gasteiger charge is 2.43. The molecule has 7 heteroatoms. The normalized spacial score (nSPS) is 24.0. The number of aliphatic hydroxyl groups is 1. The van der Waals surface area contributed by atoms with Crippen molar-refractivity contribution >= 4 is 11.8 Å². The molecule has 2 saturated heterocycles. The average Bonchev–Trinajstić information content (AvgIpc) is 2.58. The van der Waals surface area contributed by atoms with Gasteiger partial charge in [0, 0.05) is 38.0 Å². The molecule has 0 aromatic heterocycles. The summed E-state index contributed by atoms with van der Waals surface area (Å²) in [6, 6.07) is 3.40. The molecule has 25 heavy (non-hydrogen) atoms. The standard InChI is InChI=1S/C18H22F2N2O3/c19-13-3-1-4-14(20)16(13)17(25)22-8-2-6-18(12-22)7-5-15(24)21(11-18)9-10-23/h1,3-4,23H,2,5-12H2/t18-/m1/s1.